The average Bonchev–Trinajstić information content (AvgIpc) is 2.91. The number of halogens is 3. The zero-order chi connectivity index (χ0) is 17.3. The van der Waals surface area contributed by atoms with Crippen molar-refractivity contribution >= 4 is 11.0 Å². The molecule has 0 radical (unpaired) electrons. The van der Waals surface area contributed by atoms with E-state index < -0.39 is 11.7 Å². The summed E-state index contributed by atoms with van der Waals surface area (Å²) < 4.78 is 40.3. The number of alkyl halides is 3. The first-order valence-electron chi connectivity index (χ1n) is 6.89. The van der Waals surface area contributed by atoms with Crippen LogP contribution in [0.4, 0.5) is 13.2 Å². The molecule has 0 aliphatic rings. The molecule has 0 aliphatic carbocycles. The molecule has 0 amide bonds. The molecular formula is C16H11F3N4O. The smallest absolute Gasteiger partial charge is 0.287 e. The van der Waals surface area contributed by atoms with Gasteiger partial charge in [0.25, 0.3) is 5.56 Å². The Bertz CT molecular complexity index is 1000. The first kappa shape index (κ1) is 15.8. The van der Waals surface area contributed by atoms with E-state index in [1.54, 1.807) is 7.05 Å². The molecule has 3 aromatic rings. The van der Waals surface area contributed by atoms with E-state index in [1.165, 1.54) is 33.9 Å². The Hall–Kier alpha value is -3.08. The van der Waals surface area contributed by atoms with E-state index in [-0.39, 0.29) is 12.1 Å². The second-order valence-electron chi connectivity index (χ2n) is 5.06. The average molecular weight is 332 g/mol. The minimum absolute atomic E-state index is 0.0810. The minimum Gasteiger partial charge on any atom is -0.287 e. The molecule has 5 nitrogen and oxygen atoms in total. The van der Waals surface area contributed by atoms with Crippen LogP contribution < -0.4 is 5.56 Å². The molecule has 0 unspecified atom stereocenters. The Labute approximate surface area is 134 Å². The Morgan fingerprint density at radius 2 is 1.92 bits per heavy atom. The van der Waals surface area contributed by atoms with Crippen LogP contribution in [0.5, 0.6) is 0 Å². The molecule has 0 N–H and O–H groups in total. The molecule has 2 heterocycles. The maximum absolute atomic E-state index is 12.5. The summed E-state index contributed by atoms with van der Waals surface area (Å²) in [6, 6.07) is 4.53. The highest BCUT2D eigenvalue weighted by molar-refractivity contribution is 5.72. The fourth-order valence-electron chi connectivity index (χ4n) is 2.15. The lowest BCUT2D eigenvalue weighted by Crippen LogP contribution is -2.19. The van der Waals surface area contributed by atoms with Gasteiger partial charge in [-0.1, -0.05) is 11.8 Å². The van der Waals surface area contributed by atoms with Gasteiger partial charge in [-0.3, -0.25) is 14.0 Å². The lowest BCUT2D eigenvalue weighted by atomic mass is 10.1. The Morgan fingerprint density at radius 3 is 2.58 bits per heavy atom. The molecule has 0 aliphatic heterocycles. The van der Waals surface area contributed by atoms with Crippen molar-refractivity contribution in [1.82, 2.24) is 19.3 Å². The van der Waals surface area contributed by atoms with Crippen LogP contribution in [0.25, 0.3) is 11.0 Å². The van der Waals surface area contributed by atoms with Gasteiger partial charge in [0.15, 0.2) is 5.65 Å². The first-order valence-corrected chi connectivity index (χ1v) is 6.89. The van der Waals surface area contributed by atoms with Gasteiger partial charge in [-0.15, -0.1) is 0 Å². The van der Waals surface area contributed by atoms with Crippen LogP contribution in [-0.4, -0.2) is 19.3 Å². The van der Waals surface area contributed by atoms with E-state index in [2.05, 4.69) is 21.9 Å². The molecule has 0 spiro atoms. The Morgan fingerprint density at radius 1 is 1.21 bits per heavy atom. The largest absolute Gasteiger partial charge is 0.416 e. The van der Waals surface area contributed by atoms with E-state index in [0.29, 0.717) is 16.6 Å². The lowest BCUT2D eigenvalue weighted by molar-refractivity contribution is -0.137. The molecule has 0 saturated heterocycles. The van der Waals surface area contributed by atoms with E-state index in [9.17, 15) is 18.0 Å². The van der Waals surface area contributed by atoms with Crippen LogP contribution in [0.2, 0.25) is 0 Å². The minimum atomic E-state index is -4.37. The van der Waals surface area contributed by atoms with Crippen molar-refractivity contribution in [3.05, 3.63) is 58.3 Å². The monoisotopic (exact) mass is 332 g/mol. The molecule has 122 valence electrons. The number of aromatic nitrogens is 4. The molecule has 0 saturated carbocycles. The van der Waals surface area contributed by atoms with Gasteiger partial charge in [0, 0.05) is 12.6 Å². The number of fused-ring (bicyclic) bond motifs is 1. The van der Waals surface area contributed by atoms with E-state index >= 15 is 0 Å². The maximum atomic E-state index is 12.5. The summed E-state index contributed by atoms with van der Waals surface area (Å²) >= 11 is 0. The number of rotatable bonds is 1. The molecule has 0 bridgehead atoms. The normalized spacial score (nSPS) is 11.3. The number of hydrogen-bond donors (Lipinski definition) is 0. The highest BCUT2D eigenvalue weighted by Gasteiger charge is 2.29. The quantitative estimate of drug-likeness (QED) is 0.642. The summed E-state index contributed by atoms with van der Waals surface area (Å²) in [6.07, 6.45) is -1.57. The number of hydrogen-bond acceptors (Lipinski definition) is 3. The van der Waals surface area contributed by atoms with Crippen LogP contribution in [0, 0.1) is 11.8 Å². The molecule has 3 rings (SSSR count). The van der Waals surface area contributed by atoms with Crippen molar-refractivity contribution in [2.24, 2.45) is 7.05 Å². The van der Waals surface area contributed by atoms with E-state index in [4.69, 9.17) is 0 Å². The summed E-state index contributed by atoms with van der Waals surface area (Å²) in [5, 5.41) is 4.35. The van der Waals surface area contributed by atoms with Gasteiger partial charge in [0.05, 0.1) is 18.3 Å². The standard InChI is InChI=1S/C16H11F3N4O/c1-22-14-13(9-21-22)15(24)23(10-20-14)8-2-3-11-4-6-12(7-5-11)16(17,18)19/h4-7,9-10H,8H2,1H3. The summed E-state index contributed by atoms with van der Waals surface area (Å²) in [5.41, 5.74) is -0.0799. The molecular weight excluding hydrogens is 321 g/mol. The van der Waals surface area contributed by atoms with Crippen molar-refractivity contribution in [1.29, 1.82) is 0 Å². The maximum Gasteiger partial charge on any atom is 0.416 e. The van der Waals surface area contributed by atoms with Crippen molar-refractivity contribution < 1.29 is 13.2 Å². The van der Waals surface area contributed by atoms with Crippen molar-refractivity contribution in [2.45, 2.75) is 12.7 Å². The Kier molecular flexibility index (Phi) is 3.85. The number of aryl methyl sites for hydroxylation is 1. The predicted octanol–water partition coefficient (Wildman–Crippen LogP) is 2.20. The third-order valence-electron chi connectivity index (χ3n) is 3.41. The van der Waals surface area contributed by atoms with Crippen LogP contribution in [0.1, 0.15) is 11.1 Å². The highest BCUT2D eigenvalue weighted by atomic mass is 19.4. The van der Waals surface area contributed by atoms with Gasteiger partial charge in [-0.25, -0.2) is 4.98 Å². The third kappa shape index (κ3) is 3.01. The molecule has 0 fully saturated rings. The van der Waals surface area contributed by atoms with Gasteiger partial charge >= 0.3 is 6.18 Å². The fraction of sp³-hybridized carbons (Fsp3) is 0.188. The van der Waals surface area contributed by atoms with Gasteiger partial charge in [0.2, 0.25) is 0 Å². The summed E-state index contributed by atoms with van der Waals surface area (Å²) in [5.74, 6) is 5.48. The van der Waals surface area contributed by atoms with Crippen molar-refractivity contribution in [3.8, 4) is 11.8 Å². The summed E-state index contributed by atoms with van der Waals surface area (Å²) in [4.78, 5) is 16.4. The molecule has 24 heavy (non-hydrogen) atoms. The first-order chi connectivity index (χ1) is 11.4. The van der Waals surface area contributed by atoms with Gasteiger partial charge in [-0.2, -0.15) is 18.3 Å². The third-order valence-corrected chi connectivity index (χ3v) is 3.41. The van der Waals surface area contributed by atoms with Crippen molar-refractivity contribution in [2.75, 3.05) is 0 Å². The summed E-state index contributed by atoms with van der Waals surface area (Å²) in [7, 11) is 1.68. The lowest BCUT2D eigenvalue weighted by Gasteiger charge is -2.05. The SMILES string of the molecule is Cn1ncc2c(=O)n(CC#Cc3ccc(C(F)(F)F)cc3)cnc21. The summed E-state index contributed by atoms with van der Waals surface area (Å²) in [6.45, 7) is 0.0810. The number of nitrogens with zero attached hydrogens (tertiary/aromatic N) is 4. The van der Waals surface area contributed by atoms with Gasteiger partial charge in [0.1, 0.15) is 11.7 Å². The van der Waals surface area contributed by atoms with Crippen LogP contribution in [-0.2, 0) is 19.8 Å². The number of benzene rings is 1. The van der Waals surface area contributed by atoms with Crippen LogP contribution in [0.3, 0.4) is 0 Å². The van der Waals surface area contributed by atoms with Crippen LogP contribution >= 0.6 is 0 Å². The van der Waals surface area contributed by atoms with Crippen LogP contribution in [0.15, 0.2) is 41.6 Å². The predicted molar refractivity (Wildman–Crippen MR) is 81.1 cm³/mol. The van der Waals surface area contributed by atoms with E-state index in [1.807, 2.05) is 0 Å². The van der Waals surface area contributed by atoms with Crippen molar-refractivity contribution in [3.63, 3.8) is 0 Å². The topological polar surface area (TPSA) is 52.7 Å². The Balaban J connectivity index is 1.81. The zero-order valence-electron chi connectivity index (χ0n) is 12.5. The zero-order valence-corrected chi connectivity index (χ0v) is 12.5. The molecule has 0 atom stereocenters. The molecule has 2 aromatic heterocycles. The van der Waals surface area contributed by atoms with E-state index in [0.717, 1.165) is 12.1 Å². The highest BCUT2D eigenvalue weighted by Crippen LogP contribution is 2.28. The van der Waals surface area contributed by atoms with Gasteiger partial charge < -0.3 is 0 Å². The second-order valence-corrected chi connectivity index (χ2v) is 5.06. The molecule has 1 aromatic carbocycles. The second kappa shape index (κ2) is 5.85. The molecule has 8 heteroatoms. The fourth-order valence-corrected chi connectivity index (χ4v) is 2.15. The van der Waals surface area contributed by atoms with Gasteiger partial charge in [-0.05, 0) is 24.3 Å².